The van der Waals surface area contributed by atoms with Crippen molar-refractivity contribution < 1.29 is 28.5 Å². The summed E-state index contributed by atoms with van der Waals surface area (Å²) in [5, 5.41) is 17.6. The van der Waals surface area contributed by atoms with E-state index in [9.17, 15) is 13.6 Å². The normalized spacial score (nSPS) is 12.3. The molecule has 82 valence electrons. The second-order valence-corrected chi connectivity index (χ2v) is 2.74. The van der Waals surface area contributed by atoms with Crippen LogP contribution in [-0.4, -0.2) is 23.3 Å². The first-order chi connectivity index (χ1) is 6.97. The van der Waals surface area contributed by atoms with E-state index in [0.29, 0.717) is 6.07 Å². The van der Waals surface area contributed by atoms with E-state index in [1.807, 2.05) is 0 Å². The maximum absolute atomic E-state index is 13.2. The summed E-state index contributed by atoms with van der Waals surface area (Å²) in [6.45, 7) is 0. The fraction of sp³-hybridized carbons (Fsp3) is 0.222. The third-order valence-corrected chi connectivity index (χ3v) is 1.78. The average molecular weight is 218 g/mol. The van der Waals surface area contributed by atoms with Crippen LogP contribution >= 0.6 is 0 Å². The molecule has 1 rings (SSSR count). The first kappa shape index (κ1) is 11.4. The lowest BCUT2D eigenvalue weighted by Gasteiger charge is -2.12. The molecule has 1 atom stereocenters. The fourth-order valence-electron chi connectivity index (χ4n) is 1.12. The lowest BCUT2D eigenvalue weighted by molar-refractivity contribution is -0.147. The molecule has 0 bridgehead atoms. The summed E-state index contributed by atoms with van der Waals surface area (Å²) in [5.41, 5.74) is -0.591. The lowest BCUT2D eigenvalue weighted by Crippen LogP contribution is -2.14. The number of aliphatic carboxylic acids is 1. The smallest absolute Gasteiger partial charge is 0.337 e. The van der Waals surface area contributed by atoms with Gasteiger partial charge in [0, 0.05) is 12.1 Å². The van der Waals surface area contributed by atoms with Crippen molar-refractivity contribution >= 4 is 5.97 Å². The standard InChI is InChI=1S/C9H8F2O4/c1-15-6-3-4(10)2-5(11)7(6)8(12)9(13)14/h2-3,8,12H,1H3,(H,13,14). The van der Waals surface area contributed by atoms with Crippen LogP contribution in [0.15, 0.2) is 12.1 Å². The van der Waals surface area contributed by atoms with Gasteiger partial charge in [0.1, 0.15) is 17.4 Å². The zero-order chi connectivity index (χ0) is 11.6. The van der Waals surface area contributed by atoms with Gasteiger partial charge in [0.25, 0.3) is 0 Å². The van der Waals surface area contributed by atoms with Crippen LogP contribution in [0.5, 0.6) is 5.75 Å². The molecule has 15 heavy (non-hydrogen) atoms. The molecule has 0 fully saturated rings. The Bertz CT molecular complexity index is 392. The second kappa shape index (κ2) is 4.22. The van der Waals surface area contributed by atoms with Crippen molar-refractivity contribution in [2.24, 2.45) is 0 Å². The summed E-state index contributed by atoms with van der Waals surface area (Å²) in [6.07, 6.45) is -2.08. The number of carboxylic acids is 1. The molecule has 0 heterocycles. The molecule has 0 saturated carbocycles. The van der Waals surface area contributed by atoms with Crippen LogP contribution in [0.3, 0.4) is 0 Å². The Morgan fingerprint density at radius 3 is 2.53 bits per heavy atom. The number of carboxylic acid groups (broad SMARTS) is 1. The van der Waals surface area contributed by atoms with Crippen molar-refractivity contribution in [3.05, 3.63) is 29.3 Å². The number of methoxy groups -OCH3 is 1. The van der Waals surface area contributed by atoms with E-state index < -0.39 is 29.3 Å². The number of hydrogen-bond acceptors (Lipinski definition) is 3. The lowest BCUT2D eigenvalue weighted by atomic mass is 10.1. The molecule has 0 saturated heterocycles. The van der Waals surface area contributed by atoms with Gasteiger partial charge in [0.2, 0.25) is 0 Å². The zero-order valence-corrected chi connectivity index (χ0v) is 7.70. The van der Waals surface area contributed by atoms with Gasteiger partial charge in [-0.2, -0.15) is 0 Å². The van der Waals surface area contributed by atoms with E-state index in [0.717, 1.165) is 13.2 Å². The predicted molar refractivity (Wildman–Crippen MR) is 45.5 cm³/mol. The Hall–Kier alpha value is -1.69. The Morgan fingerprint density at radius 2 is 2.07 bits per heavy atom. The van der Waals surface area contributed by atoms with Crippen molar-refractivity contribution in [1.29, 1.82) is 0 Å². The summed E-state index contributed by atoms with van der Waals surface area (Å²) in [5.74, 6) is -4.06. The maximum Gasteiger partial charge on any atom is 0.337 e. The Balaban J connectivity index is 3.32. The minimum Gasteiger partial charge on any atom is -0.496 e. The number of benzene rings is 1. The SMILES string of the molecule is COc1cc(F)cc(F)c1C(O)C(=O)O. The molecule has 2 N–H and O–H groups in total. The predicted octanol–water partition coefficient (Wildman–Crippen LogP) is 1.09. The minimum absolute atomic E-state index is 0.345. The number of aliphatic hydroxyl groups is 1. The highest BCUT2D eigenvalue weighted by Gasteiger charge is 2.25. The molecule has 6 heteroatoms. The molecule has 1 aromatic rings. The molecule has 1 aromatic carbocycles. The van der Waals surface area contributed by atoms with Crippen molar-refractivity contribution in [2.75, 3.05) is 7.11 Å². The van der Waals surface area contributed by atoms with Crippen LogP contribution in [0.25, 0.3) is 0 Å². The van der Waals surface area contributed by atoms with Crippen LogP contribution in [0.4, 0.5) is 8.78 Å². The Kier molecular flexibility index (Phi) is 3.21. The third kappa shape index (κ3) is 2.21. The Labute approximate surface area is 83.7 Å². The van der Waals surface area contributed by atoms with Gasteiger partial charge in [-0.05, 0) is 0 Å². The molecule has 0 aliphatic heterocycles. The van der Waals surface area contributed by atoms with Crippen LogP contribution in [0.1, 0.15) is 11.7 Å². The minimum atomic E-state index is -2.08. The fourth-order valence-corrected chi connectivity index (χ4v) is 1.12. The molecule has 0 spiro atoms. The van der Waals surface area contributed by atoms with Crippen LogP contribution in [-0.2, 0) is 4.79 Å². The van der Waals surface area contributed by atoms with E-state index in [4.69, 9.17) is 10.2 Å². The zero-order valence-electron chi connectivity index (χ0n) is 7.70. The molecule has 0 amide bonds. The van der Waals surface area contributed by atoms with Crippen molar-refractivity contribution in [1.82, 2.24) is 0 Å². The number of ether oxygens (including phenoxy) is 1. The van der Waals surface area contributed by atoms with Crippen molar-refractivity contribution in [3.8, 4) is 5.75 Å². The second-order valence-electron chi connectivity index (χ2n) is 2.74. The molecular weight excluding hydrogens is 210 g/mol. The third-order valence-electron chi connectivity index (χ3n) is 1.78. The highest BCUT2D eigenvalue weighted by molar-refractivity contribution is 5.75. The van der Waals surface area contributed by atoms with Crippen LogP contribution < -0.4 is 4.74 Å². The maximum atomic E-state index is 13.2. The van der Waals surface area contributed by atoms with Crippen LogP contribution in [0, 0.1) is 11.6 Å². The van der Waals surface area contributed by atoms with Gasteiger partial charge in [-0.15, -0.1) is 0 Å². The van der Waals surface area contributed by atoms with Crippen LogP contribution in [0.2, 0.25) is 0 Å². The van der Waals surface area contributed by atoms with E-state index >= 15 is 0 Å². The van der Waals surface area contributed by atoms with Crippen molar-refractivity contribution in [2.45, 2.75) is 6.10 Å². The molecule has 4 nitrogen and oxygen atoms in total. The highest BCUT2D eigenvalue weighted by Crippen LogP contribution is 2.29. The first-order valence-corrected chi connectivity index (χ1v) is 3.91. The highest BCUT2D eigenvalue weighted by atomic mass is 19.1. The first-order valence-electron chi connectivity index (χ1n) is 3.91. The number of halogens is 2. The van der Waals surface area contributed by atoms with Gasteiger partial charge < -0.3 is 14.9 Å². The summed E-state index contributed by atoms with van der Waals surface area (Å²) < 4.78 is 30.5. The molecule has 1 unspecified atom stereocenters. The molecular formula is C9H8F2O4. The topological polar surface area (TPSA) is 66.8 Å². The summed E-state index contributed by atoms with van der Waals surface area (Å²) in [6, 6.07) is 1.27. The van der Waals surface area contributed by atoms with Gasteiger partial charge >= 0.3 is 5.97 Å². The molecule has 0 aromatic heterocycles. The van der Waals surface area contributed by atoms with E-state index in [-0.39, 0.29) is 5.75 Å². The van der Waals surface area contributed by atoms with Gasteiger partial charge in [-0.3, -0.25) is 0 Å². The molecule has 0 aliphatic carbocycles. The molecule has 0 radical (unpaired) electrons. The van der Waals surface area contributed by atoms with Crippen molar-refractivity contribution in [3.63, 3.8) is 0 Å². The summed E-state index contributed by atoms with van der Waals surface area (Å²) in [7, 11) is 1.12. The van der Waals surface area contributed by atoms with Gasteiger partial charge in [0.15, 0.2) is 6.10 Å². The van der Waals surface area contributed by atoms with Gasteiger partial charge in [-0.1, -0.05) is 0 Å². The quantitative estimate of drug-likeness (QED) is 0.796. The summed E-state index contributed by atoms with van der Waals surface area (Å²) >= 11 is 0. The van der Waals surface area contributed by atoms with E-state index in [1.54, 1.807) is 0 Å². The van der Waals surface area contributed by atoms with Gasteiger partial charge in [-0.25, -0.2) is 13.6 Å². The number of carbonyl (C=O) groups is 1. The van der Waals surface area contributed by atoms with E-state index in [1.165, 1.54) is 0 Å². The van der Waals surface area contributed by atoms with Gasteiger partial charge in [0.05, 0.1) is 12.7 Å². The number of hydrogen-bond donors (Lipinski definition) is 2. The Morgan fingerprint density at radius 1 is 1.47 bits per heavy atom. The summed E-state index contributed by atoms with van der Waals surface area (Å²) in [4.78, 5) is 10.4. The monoisotopic (exact) mass is 218 g/mol. The average Bonchev–Trinajstić information content (AvgIpc) is 2.15. The largest absolute Gasteiger partial charge is 0.496 e. The van der Waals surface area contributed by atoms with E-state index in [2.05, 4.69) is 4.74 Å². The molecule has 0 aliphatic rings. The number of aliphatic hydroxyl groups excluding tert-OH is 1. The number of rotatable bonds is 3.